The van der Waals surface area contributed by atoms with Gasteiger partial charge in [-0.1, -0.05) is 37.3 Å². The fourth-order valence-electron chi connectivity index (χ4n) is 1.35. The molecule has 5 nitrogen and oxygen atoms in total. The summed E-state index contributed by atoms with van der Waals surface area (Å²) in [5, 5.41) is 14.1. The third-order valence-corrected chi connectivity index (χ3v) is 2.19. The molecule has 0 aliphatic carbocycles. The number of benzene rings is 1. The number of carbonyl (C=O) groups is 2. The quantitative estimate of drug-likeness (QED) is 0.725. The molecule has 92 valence electrons. The Morgan fingerprint density at radius 2 is 1.94 bits per heavy atom. The lowest BCUT2D eigenvalue weighted by atomic mass is 10.1. The summed E-state index contributed by atoms with van der Waals surface area (Å²) in [4.78, 5) is 22.5. The Morgan fingerprint density at radius 1 is 1.29 bits per heavy atom. The lowest BCUT2D eigenvalue weighted by Crippen LogP contribution is -2.41. The minimum atomic E-state index is -1.08. The highest BCUT2D eigenvalue weighted by Gasteiger charge is 2.21. The number of hydrogen-bond acceptors (Lipinski definition) is 2. The minimum Gasteiger partial charge on any atom is -0.479 e. The molecule has 3 N–H and O–H groups in total. The fraction of sp³-hybridized carbons (Fsp3) is 0.333. The van der Waals surface area contributed by atoms with Crippen LogP contribution in [0.4, 0.5) is 4.79 Å². The number of urea groups is 1. The summed E-state index contributed by atoms with van der Waals surface area (Å²) in [6, 6.07) is 7.10. The van der Waals surface area contributed by atoms with Crippen LogP contribution in [0, 0.1) is 0 Å². The Balaban J connectivity index is 2.68. The van der Waals surface area contributed by atoms with Gasteiger partial charge in [0.05, 0.1) is 0 Å². The molecule has 1 aromatic carbocycles. The third-order valence-electron chi connectivity index (χ3n) is 2.19. The van der Waals surface area contributed by atoms with E-state index in [0.29, 0.717) is 12.1 Å². The second-order valence-electron chi connectivity index (χ2n) is 3.58. The smallest absolute Gasteiger partial charge is 0.330 e. The zero-order valence-electron chi connectivity index (χ0n) is 9.64. The molecular formula is C12H16N2O3. The van der Waals surface area contributed by atoms with Crippen molar-refractivity contribution < 1.29 is 14.7 Å². The third kappa shape index (κ3) is 4.14. The average Bonchev–Trinajstić information content (AvgIpc) is 2.34. The molecule has 1 atom stereocenters. The van der Waals surface area contributed by atoms with E-state index in [0.717, 1.165) is 6.42 Å². The number of rotatable bonds is 5. The van der Waals surface area contributed by atoms with E-state index in [-0.39, 0.29) is 0 Å². The molecule has 0 spiro atoms. The van der Waals surface area contributed by atoms with E-state index < -0.39 is 18.0 Å². The van der Waals surface area contributed by atoms with Gasteiger partial charge in [-0.3, -0.25) is 0 Å². The molecule has 17 heavy (non-hydrogen) atoms. The molecule has 0 saturated heterocycles. The molecule has 2 amide bonds. The molecule has 0 fully saturated rings. The maximum absolute atomic E-state index is 11.4. The summed E-state index contributed by atoms with van der Waals surface area (Å²) >= 11 is 0. The lowest BCUT2D eigenvalue weighted by Gasteiger charge is -2.15. The van der Waals surface area contributed by atoms with Gasteiger partial charge < -0.3 is 15.7 Å². The van der Waals surface area contributed by atoms with Gasteiger partial charge in [-0.05, 0) is 12.0 Å². The van der Waals surface area contributed by atoms with Gasteiger partial charge in [0, 0.05) is 6.54 Å². The van der Waals surface area contributed by atoms with Gasteiger partial charge in [0.15, 0.2) is 6.04 Å². The van der Waals surface area contributed by atoms with Crippen LogP contribution in [0.2, 0.25) is 0 Å². The standard InChI is InChI=1S/C12H16N2O3/c1-2-8-13-12(17)14-10(11(15)16)9-6-4-3-5-7-9/h3-7,10H,2,8H2,1H3,(H,15,16)(H2,13,14,17). The van der Waals surface area contributed by atoms with Crippen molar-refractivity contribution in [1.82, 2.24) is 10.6 Å². The first-order valence-corrected chi connectivity index (χ1v) is 5.47. The van der Waals surface area contributed by atoms with Gasteiger partial charge in [0.25, 0.3) is 0 Å². The average molecular weight is 236 g/mol. The molecule has 0 aromatic heterocycles. The van der Waals surface area contributed by atoms with Crippen molar-refractivity contribution >= 4 is 12.0 Å². The molecule has 1 rings (SSSR count). The zero-order valence-corrected chi connectivity index (χ0v) is 9.64. The second kappa shape index (κ2) is 6.52. The molecular weight excluding hydrogens is 220 g/mol. The van der Waals surface area contributed by atoms with Crippen LogP contribution in [0.15, 0.2) is 30.3 Å². The van der Waals surface area contributed by atoms with Crippen LogP contribution in [0.25, 0.3) is 0 Å². The van der Waals surface area contributed by atoms with Crippen LogP contribution in [-0.4, -0.2) is 23.7 Å². The monoisotopic (exact) mass is 236 g/mol. The van der Waals surface area contributed by atoms with Gasteiger partial charge in [-0.2, -0.15) is 0 Å². The van der Waals surface area contributed by atoms with Crippen molar-refractivity contribution in [3.05, 3.63) is 35.9 Å². The van der Waals surface area contributed by atoms with Crippen molar-refractivity contribution in [2.24, 2.45) is 0 Å². The molecule has 0 aliphatic rings. The SMILES string of the molecule is CCCNC(=O)NC(C(=O)O)c1ccccc1. The number of aliphatic carboxylic acids is 1. The van der Waals surface area contributed by atoms with Gasteiger partial charge in [-0.25, -0.2) is 9.59 Å². The van der Waals surface area contributed by atoms with E-state index in [2.05, 4.69) is 10.6 Å². The van der Waals surface area contributed by atoms with Gasteiger partial charge in [0.2, 0.25) is 0 Å². The molecule has 0 bridgehead atoms. The van der Waals surface area contributed by atoms with E-state index in [9.17, 15) is 9.59 Å². The maximum atomic E-state index is 11.4. The Bertz CT molecular complexity index is 379. The van der Waals surface area contributed by atoms with Gasteiger partial charge >= 0.3 is 12.0 Å². The first-order valence-electron chi connectivity index (χ1n) is 5.47. The van der Waals surface area contributed by atoms with Crippen molar-refractivity contribution in [1.29, 1.82) is 0 Å². The van der Waals surface area contributed by atoms with Gasteiger partial charge in [0.1, 0.15) is 0 Å². The van der Waals surface area contributed by atoms with Crippen LogP contribution in [0.3, 0.4) is 0 Å². The van der Waals surface area contributed by atoms with Crippen LogP contribution in [0.1, 0.15) is 24.9 Å². The van der Waals surface area contributed by atoms with Crippen LogP contribution in [0.5, 0.6) is 0 Å². The van der Waals surface area contributed by atoms with Crippen LogP contribution in [-0.2, 0) is 4.79 Å². The molecule has 1 aromatic rings. The number of carboxylic acids is 1. The van der Waals surface area contributed by atoms with E-state index in [1.165, 1.54) is 0 Å². The largest absolute Gasteiger partial charge is 0.479 e. The first kappa shape index (κ1) is 13.0. The van der Waals surface area contributed by atoms with Crippen molar-refractivity contribution in [3.63, 3.8) is 0 Å². The number of carboxylic acid groups (broad SMARTS) is 1. The Hall–Kier alpha value is -2.04. The Kier molecular flexibility index (Phi) is 5.00. The zero-order chi connectivity index (χ0) is 12.7. The highest BCUT2D eigenvalue weighted by Crippen LogP contribution is 2.12. The second-order valence-corrected chi connectivity index (χ2v) is 3.58. The Morgan fingerprint density at radius 3 is 2.47 bits per heavy atom. The fourth-order valence-corrected chi connectivity index (χ4v) is 1.35. The predicted molar refractivity (Wildman–Crippen MR) is 63.6 cm³/mol. The van der Waals surface area contributed by atoms with Crippen LogP contribution < -0.4 is 10.6 Å². The summed E-state index contributed by atoms with van der Waals surface area (Å²) in [6.45, 7) is 2.44. The Labute approximate surface area is 99.8 Å². The van der Waals surface area contributed by atoms with E-state index in [1.54, 1.807) is 30.3 Å². The van der Waals surface area contributed by atoms with E-state index >= 15 is 0 Å². The minimum absolute atomic E-state index is 0.469. The molecule has 0 saturated carbocycles. The topological polar surface area (TPSA) is 78.4 Å². The molecule has 1 unspecified atom stereocenters. The number of amides is 2. The summed E-state index contributed by atoms with van der Waals surface area (Å²) < 4.78 is 0. The number of hydrogen-bond donors (Lipinski definition) is 3. The maximum Gasteiger partial charge on any atom is 0.330 e. The van der Waals surface area contributed by atoms with E-state index in [1.807, 2.05) is 6.92 Å². The molecule has 0 aliphatic heterocycles. The summed E-state index contributed by atoms with van der Waals surface area (Å²) in [6.07, 6.45) is 0.802. The van der Waals surface area contributed by atoms with Crippen LogP contribution >= 0.6 is 0 Å². The highest BCUT2D eigenvalue weighted by atomic mass is 16.4. The summed E-state index contributed by atoms with van der Waals surface area (Å²) in [7, 11) is 0. The van der Waals surface area contributed by atoms with Crippen molar-refractivity contribution in [3.8, 4) is 0 Å². The predicted octanol–water partition coefficient (Wildman–Crippen LogP) is 1.52. The first-order chi connectivity index (χ1) is 8.15. The van der Waals surface area contributed by atoms with Crippen molar-refractivity contribution in [2.75, 3.05) is 6.54 Å². The number of carbonyl (C=O) groups excluding carboxylic acids is 1. The molecule has 0 heterocycles. The van der Waals surface area contributed by atoms with Crippen molar-refractivity contribution in [2.45, 2.75) is 19.4 Å². The van der Waals surface area contributed by atoms with E-state index in [4.69, 9.17) is 5.11 Å². The van der Waals surface area contributed by atoms with Gasteiger partial charge in [-0.15, -0.1) is 0 Å². The lowest BCUT2D eigenvalue weighted by molar-refractivity contribution is -0.139. The molecule has 0 radical (unpaired) electrons. The number of nitrogens with one attached hydrogen (secondary N) is 2. The summed E-state index contributed by atoms with van der Waals surface area (Å²) in [5.41, 5.74) is 0.548. The summed E-state index contributed by atoms with van der Waals surface area (Å²) in [5.74, 6) is -1.08. The normalized spacial score (nSPS) is 11.6. The highest BCUT2D eigenvalue weighted by molar-refractivity contribution is 5.83. The molecule has 5 heteroatoms.